The molecule has 1 aromatic carbocycles. The second-order valence-electron chi connectivity index (χ2n) is 4.52. The quantitative estimate of drug-likeness (QED) is 0.567. The minimum absolute atomic E-state index is 0.107. The summed E-state index contributed by atoms with van der Waals surface area (Å²) in [4.78, 5) is 16.4. The van der Waals surface area contributed by atoms with Gasteiger partial charge >= 0.3 is 5.63 Å². The molecule has 10 heteroatoms. The fraction of sp³-hybridized carbons (Fsp3) is 0.154. The average molecular weight is 469 g/mol. The number of aromatic nitrogens is 3. The molecular weight excluding hydrogens is 463 g/mol. The van der Waals surface area contributed by atoms with E-state index < -0.39 is 18.6 Å². The molecule has 0 saturated carbocycles. The highest BCUT2D eigenvalue weighted by molar-refractivity contribution is 9.10. The van der Waals surface area contributed by atoms with Crippen LogP contribution in [0.15, 0.2) is 36.5 Å². The summed E-state index contributed by atoms with van der Waals surface area (Å²) in [5.41, 5.74) is -0.186. The van der Waals surface area contributed by atoms with Gasteiger partial charge in [0.2, 0.25) is 5.89 Å². The summed E-state index contributed by atoms with van der Waals surface area (Å²) < 4.78 is 32.3. The van der Waals surface area contributed by atoms with Crippen LogP contribution in [0.4, 0.5) is 8.78 Å². The number of hydrogen-bond donors (Lipinski definition) is 0. The van der Waals surface area contributed by atoms with Gasteiger partial charge < -0.3 is 4.42 Å². The predicted molar refractivity (Wildman–Crippen MR) is 87.9 cm³/mol. The maximum absolute atomic E-state index is 12.7. The van der Waals surface area contributed by atoms with Crippen molar-refractivity contribution in [3.8, 4) is 11.6 Å². The Labute approximate surface area is 149 Å². The van der Waals surface area contributed by atoms with Crippen molar-refractivity contribution < 1.29 is 13.2 Å². The molecule has 5 nitrogen and oxygen atoms in total. The van der Waals surface area contributed by atoms with E-state index in [1.165, 1.54) is 12.1 Å². The van der Waals surface area contributed by atoms with Gasteiger partial charge in [0.05, 0.1) is 10.9 Å². The van der Waals surface area contributed by atoms with E-state index in [1.807, 2.05) is 0 Å². The molecule has 0 spiro atoms. The number of alkyl halides is 2. The normalized spacial score (nSPS) is 11.6. The topological polar surface area (TPSA) is 60.9 Å². The van der Waals surface area contributed by atoms with Crippen LogP contribution >= 0.6 is 43.5 Å². The zero-order valence-electron chi connectivity index (χ0n) is 11.1. The van der Waals surface area contributed by atoms with Crippen LogP contribution in [0.3, 0.4) is 0 Å². The van der Waals surface area contributed by atoms with Crippen LogP contribution in [0.2, 0.25) is 5.02 Å². The number of halogens is 5. The molecular formula is C13H6Br2ClF2N3O2. The Balaban J connectivity index is 2.24. The third-order valence-corrected chi connectivity index (χ3v) is 4.14. The van der Waals surface area contributed by atoms with Crippen molar-refractivity contribution in [2.75, 3.05) is 0 Å². The molecule has 0 unspecified atom stereocenters. The molecule has 0 radical (unpaired) electrons. The maximum Gasteiger partial charge on any atom is 0.347 e. The Morgan fingerprint density at radius 1 is 1.30 bits per heavy atom. The highest BCUT2D eigenvalue weighted by Crippen LogP contribution is 2.28. The molecule has 2 aromatic heterocycles. The summed E-state index contributed by atoms with van der Waals surface area (Å²) in [7, 11) is 0. The molecule has 3 aromatic rings. The summed E-state index contributed by atoms with van der Waals surface area (Å²) in [6.45, 7) is -0.647. The fourth-order valence-electron chi connectivity index (χ4n) is 2.04. The first kappa shape index (κ1) is 16.5. The van der Waals surface area contributed by atoms with Crippen molar-refractivity contribution in [1.29, 1.82) is 0 Å². The van der Waals surface area contributed by atoms with Gasteiger partial charge in [0.1, 0.15) is 16.8 Å². The summed E-state index contributed by atoms with van der Waals surface area (Å²) in [5, 5.41) is 4.42. The Kier molecular flexibility index (Phi) is 4.52. The molecule has 2 heterocycles. The van der Waals surface area contributed by atoms with Crippen LogP contribution < -0.4 is 5.63 Å². The maximum atomic E-state index is 12.7. The van der Waals surface area contributed by atoms with Crippen molar-refractivity contribution in [2.45, 2.75) is 13.0 Å². The second kappa shape index (κ2) is 6.29. The molecule has 0 saturated heterocycles. The van der Waals surface area contributed by atoms with Crippen molar-refractivity contribution in [3.63, 3.8) is 0 Å². The van der Waals surface area contributed by atoms with E-state index in [2.05, 4.69) is 41.9 Å². The molecule has 0 aliphatic rings. The zero-order valence-corrected chi connectivity index (χ0v) is 15.0. The van der Waals surface area contributed by atoms with E-state index in [-0.39, 0.29) is 17.0 Å². The molecule has 23 heavy (non-hydrogen) atoms. The Hall–Kier alpha value is -1.32. The van der Waals surface area contributed by atoms with Crippen molar-refractivity contribution >= 4 is 54.4 Å². The fourth-order valence-corrected chi connectivity index (χ4v) is 3.35. The number of hydrogen-bond acceptors (Lipinski definition) is 4. The van der Waals surface area contributed by atoms with Crippen LogP contribution in [0.5, 0.6) is 0 Å². The van der Waals surface area contributed by atoms with Gasteiger partial charge in [-0.2, -0.15) is 5.10 Å². The highest BCUT2D eigenvalue weighted by Gasteiger charge is 2.18. The minimum atomic E-state index is -2.61. The second-order valence-corrected chi connectivity index (χ2v) is 6.62. The largest absolute Gasteiger partial charge is 0.401 e. The first-order chi connectivity index (χ1) is 10.8. The van der Waals surface area contributed by atoms with Gasteiger partial charge in [-0.3, -0.25) is 4.68 Å². The van der Waals surface area contributed by atoms with Crippen molar-refractivity contribution in [1.82, 2.24) is 14.8 Å². The molecule has 0 aliphatic carbocycles. The lowest BCUT2D eigenvalue weighted by atomic mass is 10.2. The lowest BCUT2D eigenvalue weighted by Crippen LogP contribution is -2.11. The minimum Gasteiger partial charge on any atom is -0.401 e. The predicted octanol–water partition coefficient (Wildman–Crippen LogP) is 4.50. The summed E-state index contributed by atoms with van der Waals surface area (Å²) in [5.74, 6) is -0.107. The van der Waals surface area contributed by atoms with Crippen LogP contribution in [0, 0.1) is 0 Å². The molecule has 0 bridgehead atoms. The lowest BCUT2D eigenvalue weighted by Gasteiger charge is -2.06. The van der Waals surface area contributed by atoms with Crippen molar-refractivity contribution in [2.24, 2.45) is 0 Å². The molecule has 0 amide bonds. The number of fused-ring (bicyclic) bond motifs is 1. The summed E-state index contributed by atoms with van der Waals surface area (Å²) >= 11 is 12.3. The lowest BCUT2D eigenvalue weighted by molar-refractivity contribution is 0.122. The van der Waals surface area contributed by atoms with Gasteiger partial charge in [-0.1, -0.05) is 11.6 Å². The molecule has 0 N–H and O–H groups in total. The first-order valence-corrected chi connectivity index (χ1v) is 8.13. The standard InChI is InChI=1S/C13H6Br2ClF2N3O2/c14-7-2-5(16)1-6-11(7)19-12(23-13(6)22)8-3-9(15)20-21(8)4-10(17)18/h1-3,10H,4H2. The van der Waals surface area contributed by atoms with E-state index in [0.29, 0.717) is 19.6 Å². The Morgan fingerprint density at radius 2 is 2.04 bits per heavy atom. The molecule has 3 rings (SSSR count). The highest BCUT2D eigenvalue weighted by atomic mass is 79.9. The molecule has 0 atom stereocenters. The SMILES string of the molecule is O=c1oc(-c2cc(Br)nn2CC(F)F)nc2c(Br)cc(Cl)cc12. The molecule has 0 fully saturated rings. The Morgan fingerprint density at radius 3 is 2.74 bits per heavy atom. The molecule has 0 aliphatic heterocycles. The van der Waals surface area contributed by atoms with E-state index in [0.717, 1.165) is 4.68 Å². The van der Waals surface area contributed by atoms with Crippen LogP contribution in [-0.2, 0) is 6.54 Å². The van der Waals surface area contributed by atoms with Gasteiger partial charge in [-0.05, 0) is 44.0 Å². The third-order valence-electron chi connectivity index (χ3n) is 2.93. The summed E-state index contributed by atoms with van der Waals surface area (Å²) in [6.07, 6.45) is -2.61. The van der Waals surface area contributed by atoms with Crippen LogP contribution in [0.1, 0.15) is 0 Å². The van der Waals surface area contributed by atoms with Gasteiger partial charge in [0, 0.05) is 15.6 Å². The Bertz CT molecular complexity index is 958. The smallest absolute Gasteiger partial charge is 0.347 e. The first-order valence-electron chi connectivity index (χ1n) is 6.17. The number of benzene rings is 1. The van der Waals surface area contributed by atoms with Gasteiger partial charge in [0.15, 0.2) is 0 Å². The number of nitrogens with zero attached hydrogens (tertiary/aromatic N) is 3. The van der Waals surface area contributed by atoms with Gasteiger partial charge in [-0.25, -0.2) is 18.6 Å². The monoisotopic (exact) mass is 467 g/mol. The summed E-state index contributed by atoms with van der Waals surface area (Å²) in [6, 6.07) is 4.45. The number of rotatable bonds is 3. The zero-order chi connectivity index (χ0) is 16.7. The van der Waals surface area contributed by atoms with E-state index in [4.69, 9.17) is 16.0 Å². The average Bonchev–Trinajstić information content (AvgIpc) is 2.79. The van der Waals surface area contributed by atoms with Gasteiger partial charge in [-0.15, -0.1) is 0 Å². The van der Waals surface area contributed by atoms with Crippen LogP contribution in [-0.4, -0.2) is 21.2 Å². The van der Waals surface area contributed by atoms with E-state index >= 15 is 0 Å². The van der Waals surface area contributed by atoms with E-state index in [1.54, 1.807) is 6.07 Å². The molecule has 120 valence electrons. The van der Waals surface area contributed by atoms with Crippen molar-refractivity contribution in [3.05, 3.63) is 42.7 Å². The van der Waals surface area contributed by atoms with Gasteiger partial charge in [0.25, 0.3) is 6.43 Å². The third kappa shape index (κ3) is 3.31. The van der Waals surface area contributed by atoms with Crippen LogP contribution in [0.25, 0.3) is 22.5 Å². The van der Waals surface area contributed by atoms with E-state index in [9.17, 15) is 13.6 Å².